The van der Waals surface area contributed by atoms with Crippen molar-refractivity contribution in [3.05, 3.63) is 64.7 Å². The molecule has 7 nitrogen and oxygen atoms in total. The third-order valence-electron chi connectivity index (χ3n) is 6.59. The van der Waals surface area contributed by atoms with Crippen LogP contribution in [0.5, 0.6) is 0 Å². The number of carbonyl (C=O) groups is 3. The van der Waals surface area contributed by atoms with E-state index in [0.717, 1.165) is 5.56 Å². The summed E-state index contributed by atoms with van der Waals surface area (Å²) in [5.41, 5.74) is 0.914. The predicted molar refractivity (Wildman–Crippen MR) is 114 cm³/mol. The van der Waals surface area contributed by atoms with E-state index in [-0.39, 0.29) is 36.9 Å². The molecule has 2 unspecified atom stereocenters. The molecule has 3 heterocycles. The van der Waals surface area contributed by atoms with E-state index in [2.05, 4.69) is 10.6 Å². The Morgan fingerprint density at radius 1 is 1.10 bits per heavy atom. The Morgan fingerprint density at radius 3 is 2.61 bits per heavy atom. The van der Waals surface area contributed by atoms with Crippen LogP contribution >= 0.6 is 11.6 Å². The SMILES string of the molecule is COCCN1C(=O)[C@@H]2C(Cc3ccccc3)NC3(C(=O)Nc4ccc(Cl)cc43)[C@@H]2C1=O. The van der Waals surface area contributed by atoms with E-state index in [1.165, 1.54) is 12.0 Å². The van der Waals surface area contributed by atoms with Gasteiger partial charge < -0.3 is 10.1 Å². The molecular formula is C23H22ClN3O4. The van der Waals surface area contributed by atoms with Gasteiger partial charge in [-0.1, -0.05) is 41.9 Å². The summed E-state index contributed by atoms with van der Waals surface area (Å²) in [6, 6.07) is 14.5. The molecule has 2 aromatic carbocycles. The zero-order valence-corrected chi connectivity index (χ0v) is 17.7. The molecule has 0 bridgehead atoms. The van der Waals surface area contributed by atoms with E-state index in [1.54, 1.807) is 18.2 Å². The van der Waals surface area contributed by atoms with Crippen LogP contribution in [0.4, 0.5) is 5.69 Å². The van der Waals surface area contributed by atoms with Gasteiger partial charge in [0.1, 0.15) is 5.54 Å². The molecule has 2 fully saturated rings. The number of methoxy groups -OCH3 is 1. The van der Waals surface area contributed by atoms with Crippen molar-refractivity contribution in [2.75, 3.05) is 25.6 Å². The number of benzene rings is 2. The fraction of sp³-hybridized carbons (Fsp3) is 0.348. The van der Waals surface area contributed by atoms with Gasteiger partial charge in [0, 0.05) is 29.4 Å². The molecule has 0 aromatic heterocycles. The normalized spacial score (nSPS) is 28.9. The standard InChI is InChI=1S/C23H22ClN3O4/c1-31-10-9-27-20(28)18-17(11-13-5-3-2-4-6-13)26-23(19(18)21(27)29)15-12-14(24)7-8-16(15)25-22(23)30/h2-8,12,17-19,26H,9-11H2,1H3,(H,25,30)/t17?,18-,19+,23?/m1/s1. The zero-order valence-electron chi connectivity index (χ0n) is 16.9. The number of hydrogen-bond donors (Lipinski definition) is 2. The van der Waals surface area contributed by atoms with Crippen molar-refractivity contribution >= 4 is 35.0 Å². The van der Waals surface area contributed by atoms with Crippen molar-refractivity contribution in [1.29, 1.82) is 0 Å². The first-order chi connectivity index (χ1) is 15.0. The van der Waals surface area contributed by atoms with Gasteiger partial charge in [-0.3, -0.25) is 24.6 Å². The maximum atomic E-state index is 13.5. The Balaban J connectivity index is 1.62. The van der Waals surface area contributed by atoms with Crippen LogP contribution in [0.25, 0.3) is 0 Å². The molecule has 5 rings (SSSR count). The second-order valence-electron chi connectivity index (χ2n) is 8.22. The number of amides is 3. The van der Waals surface area contributed by atoms with Crippen LogP contribution in [0, 0.1) is 11.8 Å². The average molecular weight is 440 g/mol. The van der Waals surface area contributed by atoms with Crippen LogP contribution in [-0.2, 0) is 31.1 Å². The number of nitrogens with one attached hydrogen (secondary N) is 2. The van der Waals surface area contributed by atoms with E-state index in [4.69, 9.17) is 16.3 Å². The Bertz CT molecular complexity index is 1080. The highest BCUT2D eigenvalue weighted by Crippen LogP contribution is 2.53. The second-order valence-corrected chi connectivity index (χ2v) is 8.65. The number of anilines is 1. The van der Waals surface area contributed by atoms with Gasteiger partial charge in [-0.05, 0) is 30.2 Å². The Labute approximate surface area is 184 Å². The highest BCUT2D eigenvalue weighted by atomic mass is 35.5. The highest BCUT2D eigenvalue weighted by molar-refractivity contribution is 6.31. The molecule has 0 aliphatic carbocycles. The molecule has 0 radical (unpaired) electrons. The summed E-state index contributed by atoms with van der Waals surface area (Å²) < 4.78 is 5.10. The van der Waals surface area contributed by atoms with Gasteiger partial charge in [0.15, 0.2) is 0 Å². The summed E-state index contributed by atoms with van der Waals surface area (Å²) in [7, 11) is 1.52. The third-order valence-corrected chi connectivity index (χ3v) is 6.82. The van der Waals surface area contributed by atoms with Gasteiger partial charge in [-0.2, -0.15) is 0 Å². The van der Waals surface area contributed by atoms with Gasteiger partial charge >= 0.3 is 0 Å². The molecule has 3 aliphatic heterocycles. The first-order valence-electron chi connectivity index (χ1n) is 10.2. The number of nitrogens with zero attached hydrogens (tertiary/aromatic N) is 1. The van der Waals surface area contributed by atoms with Crippen molar-refractivity contribution in [2.24, 2.45) is 11.8 Å². The van der Waals surface area contributed by atoms with Crippen molar-refractivity contribution in [2.45, 2.75) is 18.0 Å². The smallest absolute Gasteiger partial charge is 0.250 e. The number of halogens is 1. The molecule has 3 amide bonds. The third kappa shape index (κ3) is 2.91. The van der Waals surface area contributed by atoms with Crippen molar-refractivity contribution in [3.63, 3.8) is 0 Å². The molecule has 4 atom stereocenters. The largest absolute Gasteiger partial charge is 0.383 e. The Kier molecular flexibility index (Phi) is 4.84. The Morgan fingerprint density at radius 2 is 1.87 bits per heavy atom. The van der Waals surface area contributed by atoms with Crippen molar-refractivity contribution in [1.82, 2.24) is 10.2 Å². The first kappa shape index (κ1) is 20.2. The van der Waals surface area contributed by atoms with E-state index >= 15 is 0 Å². The van der Waals surface area contributed by atoms with Gasteiger partial charge in [0.2, 0.25) is 17.7 Å². The topological polar surface area (TPSA) is 87.7 Å². The van der Waals surface area contributed by atoms with Crippen LogP contribution in [0.3, 0.4) is 0 Å². The fourth-order valence-corrected chi connectivity index (χ4v) is 5.45. The number of fused-ring (bicyclic) bond motifs is 4. The first-order valence-corrected chi connectivity index (χ1v) is 10.6. The summed E-state index contributed by atoms with van der Waals surface area (Å²) >= 11 is 6.26. The zero-order chi connectivity index (χ0) is 21.8. The molecule has 8 heteroatoms. The lowest BCUT2D eigenvalue weighted by Gasteiger charge is -2.29. The number of ether oxygens (including phenoxy) is 1. The number of carbonyl (C=O) groups excluding carboxylic acids is 3. The molecular weight excluding hydrogens is 418 g/mol. The number of imide groups is 1. The number of rotatable bonds is 5. The minimum absolute atomic E-state index is 0.166. The maximum absolute atomic E-state index is 13.5. The van der Waals surface area contributed by atoms with Crippen LogP contribution in [0.1, 0.15) is 11.1 Å². The molecule has 0 saturated carbocycles. The second kappa shape index (κ2) is 7.44. The lowest BCUT2D eigenvalue weighted by atomic mass is 9.76. The van der Waals surface area contributed by atoms with E-state index in [0.29, 0.717) is 22.7 Å². The van der Waals surface area contributed by atoms with Gasteiger partial charge in [0.25, 0.3) is 0 Å². The van der Waals surface area contributed by atoms with E-state index in [1.807, 2.05) is 30.3 Å². The molecule has 2 aromatic rings. The quantitative estimate of drug-likeness (QED) is 0.695. The average Bonchev–Trinajstić information content (AvgIpc) is 3.33. The van der Waals surface area contributed by atoms with Gasteiger partial charge in [0.05, 0.1) is 25.0 Å². The van der Waals surface area contributed by atoms with Crippen LogP contribution in [0.2, 0.25) is 5.02 Å². The number of hydrogen-bond acceptors (Lipinski definition) is 5. The maximum Gasteiger partial charge on any atom is 0.250 e. The number of likely N-dealkylation sites (tertiary alicyclic amines) is 1. The molecule has 2 saturated heterocycles. The lowest BCUT2D eigenvalue weighted by molar-refractivity contribution is -0.143. The monoisotopic (exact) mass is 439 g/mol. The van der Waals surface area contributed by atoms with Gasteiger partial charge in [-0.15, -0.1) is 0 Å². The van der Waals surface area contributed by atoms with Crippen LogP contribution < -0.4 is 10.6 Å². The van der Waals surface area contributed by atoms with E-state index < -0.39 is 17.4 Å². The lowest BCUT2D eigenvalue weighted by Crippen LogP contribution is -2.53. The van der Waals surface area contributed by atoms with Crippen molar-refractivity contribution in [3.8, 4) is 0 Å². The predicted octanol–water partition coefficient (Wildman–Crippen LogP) is 1.95. The minimum atomic E-state index is -1.33. The van der Waals surface area contributed by atoms with Crippen molar-refractivity contribution < 1.29 is 19.1 Å². The summed E-state index contributed by atoms with van der Waals surface area (Å²) in [5.74, 6) is -2.44. The molecule has 2 N–H and O–H groups in total. The minimum Gasteiger partial charge on any atom is -0.383 e. The van der Waals surface area contributed by atoms with Gasteiger partial charge in [-0.25, -0.2) is 0 Å². The highest BCUT2D eigenvalue weighted by Gasteiger charge is 2.70. The molecule has 1 spiro atoms. The fourth-order valence-electron chi connectivity index (χ4n) is 5.28. The molecule has 31 heavy (non-hydrogen) atoms. The summed E-state index contributed by atoms with van der Waals surface area (Å²) in [6.07, 6.45) is 0.518. The molecule has 3 aliphatic rings. The Hall–Kier alpha value is -2.74. The van der Waals surface area contributed by atoms with Crippen LogP contribution in [0.15, 0.2) is 48.5 Å². The molecule has 160 valence electrons. The summed E-state index contributed by atoms with van der Waals surface area (Å²) in [6.45, 7) is 0.411. The van der Waals surface area contributed by atoms with E-state index in [9.17, 15) is 14.4 Å². The van der Waals surface area contributed by atoms with Crippen LogP contribution in [-0.4, -0.2) is 48.9 Å². The summed E-state index contributed by atoms with van der Waals surface area (Å²) in [4.78, 5) is 41.5. The summed E-state index contributed by atoms with van der Waals surface area (Å²) in [5, 5.41) is 6.76.